The van der Waals surface area contributed by atoms with Gasteiger partial charge in [-0.15, -0.1) is 0 Å². The second kappa shape index (κ2) is 4.81. The van der Waals surface area contributed by atoms with Gasteiger partial charge >= 0.3 is 0 Å². The molecule has 0 atom stereocenters. The number of benzene rings is 1. The fourth-order valence-corrected chi connectivity index (χ4v) is 1.54. The molecule has 0 aliphatic carbocycles. The van der Waals surface area contributed by atoms with Gasteiger partial charge in [-0.3, -0.25) is 4.84 Å². The van der Waals surface area contributed by atoms with Gasteiger partial charge in [0.1, 0.15) is 11.9 Å². The van der Waals surface area contributed by atoms with Gasteiger partial charge in [-0.25, -0.2) is 5.90 Å². The Balaban J connectivity index is 2.04. The van der Waals surface area contributed by atoms with Crippen molar-refractivity contribution in [1.29, 1.82) is 0 Å². The van der Waals surface area contributed by atoms with E-state index in [1.54, 1.807) is 6.07 Å². The van der Waals surface area contributed by atoms with Crippen molar-refractivity contribution in [3.63, 3.8) is 0 Å². The summed E-state index contributed by atoms with van der Waals surface area (Å²) in [6.45, 7) is 1.60. The molecule has 1 aliphatic rings. The molecular formula is C10H12ClNO3. The zero-order chi connectivity index (χ0) is 10.7. The zero-order valence-corrected chi connectivity index (χ0v) is 8.87. The third kappa shape index (κ3) is 2.60. The average molecular weight is 230 g/mol. The first kappa shape index (κ1) is 10.7. The molecular weight excluding hydrogens is 218 g/mol. The quantitative estimate of drug-likeness (QED) is 0.796. The molecule has 1 aromatic rings. The Morgan fingerprint density at radius 2 is 2.27 bits per heavy atom. The lowest BCUT2D eigenvalue weighted by molar-refractivity contribution is -0.0796. The summed E-state index contributed by atoms with van der Waals surface area (Å²) in [4.78, 5) is 4.52. The van der Waals surface area contributed by atoms with Gasteiger partial charge in [0.2, 0.25) is 0 Å². The Morgan fingerprint density at radius 1 is 1.47 bits per heavy atom. The highest BCUT2D eigenvalue weighted by Crippen LogP contribution is 2.27. The highest BCUT2D eigenvalue weighted by Gasteiger charge is 2.21. The first-order valence-corrected chi connectivity index (χ1v) is 5.02. The van der Waals surface area contributed by atoms with Crippen molar-refractivity contribution in [2.24, 2.45) is 5.90 Å². The Bertz CT molecular complexity index is 341. The van der Waals surface area contributed by atoms with Gasteiger partial charge in [-0.05, 0) is 17.7 Å². The van der Waals surface area contributed by atoms with E-state index in [4.69, 9.17) is 27.0 Å². The van der Waals surface area contributed by atoms with E-state index >= 15 is 0 Å². The molecule has 1 aromatic carbocycles. The van der Waals surface area contributed by atoms with Crippen molar-refractivity contribution >= 4 is 11.6 Å². The molecule has 1 aliphatic heterocycles. The molecule has 0 bridgehead atoms. The Labute approximate surface area is 92.8 Å². The van der Waals surface area contributed by atoms with Crippen LogP contribution in [0.1, 0.15) is 5.56 Å². The van der Waals surface area contributed by atoms with Crippen molar-refractivity contribution in [2.45, 2.75) is 12.7 Å². The van der Waals surface area contributed by atoms with E-state index in [0.717, 1.165) is 5.56 Å². The number of halogens is 1. The fraction of sp³-hybridized carbons (Fsp3) is 0.400. The third-order valence-corrected chi connectivity index (χ3v) is 2.44. The van der Waals surface area contributed by atoms with Crippen molar-refractivity contribution in [3.05, 3.63) is 28.8 Å². The number of nitrogens with two attached hydrogens (primary N) is 1. The Kier molecular flexibility index (Phi) is 3.43. The lowest BCUT2D eigenvalue weighted by atomic mass is 10.2. The largest absolute Gasteiger partial charge is 0.484 e. The van der Waals surface area contributed by atoms with E-state index < -0.39 is 0 Å². The van der Waals surface area contributed by atoms with Gasteiger partial charge in [-0.2, -0.15) is 0 Å². The van der Waals surface area contributed by atoms with Crippen molar-refractivity contribution < 1.29 is 14.3 Å². The second-order valence-electron chi connectivity index (χ2n) is 3.35. The predicted octanol–water partition coefficient (Wildman–Crippen LogP) is 1.51. The van der Waals surface area contributed by atoms with Crippen LogP contribution in [0.2, 0.25) is 5.02 Å². The van der Waals surface area contributed by atoms with Crippen LogP contribution in [0.5, 0.6) is 5.75 Å². The fourth-order valence-electron chi connectivity index (χ4n) is 1.29. The molecule has 1 heterocycles. The summed E-state index contributed by atoms with van der Waals surface area (Å²) in [6.07, 6.45) is 0.124. The topological polar surface area (TPSA) is 53.7 Å². The maximum atomic E-state index is 6.03. The molecule has 82 valence electrons. The normalized spacial score (nSPS) is 16.1. The van der Waals surface area contributed by atoms with E-state index in [2.05, 4.69) is 4.84 Å². The van der Waals surface area contributed by atoms with Crippen LogP contribution in [0.4, 0.5) is 0 Å². The minimum atomic E-state index is 0.124. The van der Waals surface area contributed by atoms with E-state index in [9.17, 15) is 0 Å². The molecule has 0 saturated carbocycles. The predicted molar refractivity (Wildman–Crippen MR) is 55.7 cm³/mol. The van der Waals surface area contributed by atoms with Crippen molar-refractivity contribution in [2.75, 3.05) is 13.2 Å². The monoisotopic (exact) mass is 229 g/mol. The summed E-state index contributed by atoms with van der Waals surface area (Å²) in [5.41, 5.74) is 0.916. The molecule has 2 rings (SSSR count). The summed E-state index contributed by atoms with van der Waals surface area (Å²) in [7, 11) is 0. The van der Waals surface area contributed by atoms with E-state index in [0.29, 0.717) is 30.6 Å². The summed E-state index contributed by atoms with van der Waals surface area (Å²) in [5, 5.41) is 0.566. The molecule has 0 aromatic heterocycles. The molecule has 4 nitrogen and oxygen atoms in total. The highest BCUT2D eigenvalue weighted by atomic mass is 35.5. The average Bonchev–Trinajstić information content (AvgIpc) is 2.14. The molecule has 0 unspecified atom stereocenters. The van der Waals surface area contributed by atoms with Crippen LogP contribution >= 0.6 is 11.6 Å². The summed E-state index contributed by atoms with van der Waals surface area (Å²) < 4.78 is 10.6. The number of hydrogen-bond acceptors (Lipinski definition) is 4. The highest BCUT2D eigenvalue weighted by molar-refractivity contribution is 6.32. The van der Waals surface area contributed by atoms with Crippen LogP contribution in [0, 0.1) is 0 Å². The summed E-state index contributed by atoms with van der Waals surface area (Å²) in [5.74, 6) is 5.64. The van der Waals surface area contributed by atoms with Crippen LogP contribution in [0.25, 0.3) is 0 Å². The first-order valence-electron chi connectivity index (χ1n) is 4.64. The lowest BCUT2D eigenvalue weighted by Gasteiger charge is -2.27. The first-order chi connectivity index (χ1) is 7.29. The molecule has 0 radical (unpaired) electrons. The summed E-state index contributed by atoms with van der Waals surface area (Å²) in [6, 6.07) is 5.46. The van der Waals surface area contributed by atoms with Gasteiger partial charge in [0, 0.05) is 0 Å². The molecule has 5 heteroatoms. The maximum absolute atomic E-state index is 6.03. The molecule has 0 spiro atoms. The smallest absolute Gasteiger partial charge is 0.145 e. The molecule has 15 heavy (non-hydrogen) atoms. The van der Waals surface area contributed by atoms with Crippen LogP contribution in [-0.4, -0.2) is 19.3 Å². The van der Waals surface area contributed by atoms with Crippen molar-refractivity contribution in [3.8, 4) is 5.75 Å². The van der Waals surface area contributed by atoms with Gasteiger partial charge in [-0.1, -0.05) is 17.7 Å². The van der Waals surface area contributed by atoms with Gasteiger partial charge in [0.05, 0.1) is 24.8 Å². The van der Waals surface area contributed by atoms with E-state index in [1.165, 1.54) is 0 Å². The lowest BCUT2D eigenvalue weighted by Crippen LogP contribution is -2.38. The van der Waals surface area contributed by atoms with Gasteiger partial charge in [0.25, 0.3) is 0 Å². The van der Waals surface area contributed by atoms with Crippen LogP contribution in [-0.2, 0) is 16.2 Å². The number of ether oxygens (including phenoxy) is 2. The second-order valence-corrected chi connectivity index (χ2v) is 3.76. The number of hydrogen-bond donors (Lipinski definition) is 1. The zero-order valence-electron chi connectivity index (χ0n) is 8.11. The minimum Gasteiger partial charge on any atom is -0.484 e. The van der Waals surface area contributed by atoms with Crippen LogP contribution in [0.3, 0.4) is 0 Å². The number of rotatable bonds is 4. The SMILES string of the molecule is NOCc1ccc(OC2COC2)c(Cl)c1. The summed E-state index contributed by atoms with van der Waals surface area (Å²) >= 11 is 6.03. The van der Waals surface area contributed by atoms with Crippen molar-refractivity contribution in [1.82, 2.24) is 0 Å². The molecule has 0 amide bonds. The van der Waals surface area contributed by atoms with Gasteiger partial charge in [0.15, 0.2) is 0 Å². The van der Waals surface area contributed by atoms with Gasteiger partial charge < -0.3 is 9.47 Å². The molecule has 1 saturated heterocycles. The Morgan fingerprint density at radius 3 is 2.80 bits per heavy atom. The minimum absolute atomic E-state index is 0.124. The van der Waals surface area contributed by atoms with Crippen LogP contribution < -0.4 is 10.6 Å². The standard InChI is InChI=1S/C10H12ClNO3/c11-9-3-7(4-14-12)1-2-10(9)15-8-5-13-6-8/h1-3,8H,4-6,12H2. The Hall–Kier alpha value is -0.810. The maximum Gasteiger partial charge on any atom is 0.145 e. The third-order valence-electron chi connectivity index (χ3n) is 2.15. The van der Waals surface area contributed by atoms with Crippen LogP contribution in [0.15, 0.2) is 18.2 Å². The van der Waals surface area contributed by atoms with E-state index in [-0.39, 0.29) is 6.10 Å². The molecule has 1 fully saturated rings. The molecule has 2 N–H and O–H groups in total. The van der Waals surface area contributed by atoms with E-state index in [1.807, 2.05) is 12.1 Å².